The summed E-state index contributed by atoms with van der Waals surface area (Å²) in [6.45, 7) is 2.15. The maximum absolute atomic E-state index is 13.1. The lowest BCUT2D eigenvalue weighted by Crippen LogP contribution is -2.14. The number of methoxy groups -OCH3 is 2. The minimum Gasteiger partial charge on any atom is -0.493 e. The second kappa shape index (κ2) is 11.3. The van der Waals surface area contributed by atoms with Crippen molar-refractivity contribution in [1.82, 2.24) is 24.7 Å². The van der Waals surface area contributed by atoms with E-state index in [9.17, 15) is 4.79 Å². The predicted octanol–water partition coefficient (Wildman–Crippen LogP) is 4.91. The molecular weight excluding hydrogens is 538 g/mol. The van der Waals surface area contributed by atoms with Gasteiger partial charge in [-0.05, 0) is 37.3 Å². The number of nitrogens with zero attached hydrogens (tertiary/aromatic N) is 5. The predicted molar refractivity (Wildman–Crippen MR) is 149 cm³/mol. The third-order valence-electron chi connectivity index (χ3n) is 5.73. The summed E-state index contributed by atoms with van der Waals surface area (Å²) in [5.74, 6) is 1.91. The molecule has 12 nitrogen and oxygen atoms in total. The van der Waals surface area contributed by atoms with Crippen LogP contribution in [0.3, 0.4) is 0 Å². The number of halogens is 1. The lowest BCUT2D eigenvalue weighted by Gasteiger charge is -2.13. The lowest BCUT2D eigenvalue weighted by atomic mass is 10.2. The van der Waals surface area contributed by atoms with Crippen molar-refractivity contribution >= 4 is 40.0 Å². The van der Waals surface area contributed by atoms with E-state index in [-0.39, 0.29) is 16.7 Å². The van der Waals surface area contributed by atoms with Crippen LogP contribution in [0.5, 0.6) is 28.7 Å². The third-order valence-corrected chi connectivity index (χ3v) is 6.03. The van der Waals surface area contributed by atoms with Crippen LogP contribution >= 0.6 is 11.6 Å². The summed E-state index contributed by atoms with van der Waals surface area (Å²) in [6.07, 6.45) is 6.17. The molecule has 1 amide bonds. The normalized spacial score (nSPS) is 10.8. The minimum atomic E-state index is -0.496. The molecule has 5 rings (SSSR count). The summed E-state index contributed by atoms with van der Waals surface area (Å²) in [7, 11) is 3.11. The first-order chi connectivity index (χ1) is 19.4. The minimum absolute atomic E-state index is 0.0720. The second-order valence-corrected chi connectivity index (χ2v) is 8.66. The highest BCUT2D eigenvalue weighted by Gasteiger charge is 2.20. The molecule has 3 aromatic heterocycles. The molecule has 0 saturated heterocycles. The average Bonchev–Trinajstić information content (AvgIpc) is 3.38. The smallest absolute Gasteiger partial charge is 0.280 e. The maximum Gasteiger partial charge on any atom is 0.280 e. The van der Waals surface area contributed by atoms with Crippen molar-refractivity contribution in [1.29, 1.82) is 0 Å². The Hall–Kier alpha value is -5.10. The fourth-order valence-corrected chi connectivity index (χ4v) is 4.08. The van der Waals surface area contributed by atoms with Gasteiger partial charge in [0, 0.05) is 23.3 Å². The van der Waals surface area contributed by atoms with Crippen LogP contribution in [0, 0.1) is 0 Å². The highest BCUT2D eigenvalue weighted by atomic mass is 35.5. The van der Waals surface area contributed by atoms with Crippen LogP contribution in [0.4, 0.5) is 11.6 Å². The number of hydrogen-bond acceptors (Lipinski definition) is 10. The first-order valence-electron chi connectivity index (χ1n) is 12.0. The molecular formula is C27H24ClN7O5. The van der Waals surface area contributed by atoms with Crippen molar-refractivity contribution in [2.75, 3.05) is 31.9 Å². The van der Waals surface area contributed by atoms with Gasteiger partial charge in [-0.25, -0.2) is 14.6 Å². The van der Waals surface area contributed by atoms with Crippen molar-refractivity contribution in [2.24, 2.45) is 0 Å². The van der Waals surface area contributed by atoms with Gasteiger partial charge in [0.1, 0.15) is 17.2 Å². The van der Waals surface area contributed by atoms with E-state index in [1.54, 1.807) is 63.0 Å². The van der Waals surface area contributed by atoms with Gasteiger partial charge in [-0.1, -0.05) is 11.6 Å². The summed E-state index contributed by atoms with van der Waals surface area (Å²) in [4.78, 5) is 25.4. The van der Waals surface area contributed by atoms with E-state index in [4.69, 9.17) is 36.3 Å². The van der Waals surface area contributed by atoms with Crippen LogP contribution in [0.2, 0.25) is 5.02 Å². The Morgan fingerprint density at radius 2 is 1.73 bits per heavy atom. The summed E-state index contributed by atoms with van der Waals surface area (Å²) in [5.41, 5.74) is 7.24. The number of fused-ring (bicyclic) bond motifs is 1. The number of benzene rings is 2. The van der Waals surface area contributed by atoms with Gasteiger partial charge < -0.3 is 30.0 Å². The highest BCUT2D eigenvalue weighted by Crippen LogP contribution is 2.39. The molecule has 0 aliphatic heterocycles. The fourth-order valence-electron chi connectivity index (χ4n) is 3.86. The number of nitrogens with two attached hydrogens (primary N) is 1. The second-order valence-electron chi connectivity index (χ2n) is 8.25. The topological polar surface area (TPSA) is 149 Å². The molecule has 0 aliphatic carbocycles. The number of rotatable bonds is 9. The zero-order chi connectivity index (χ0) is 28.2. The SMILES string of the molecule is CCOc1cn(-c2cnc(N)nc2)nc1C(=O)Nc1ccc(Oc2ccnc3cc(OC)c(OC)cc23)c(Cl)c1. The lowest BCUT2D eigenvalue weighted by molar-refractivity contribution is 0.101. The Bertz CT molecular complexity index is 1690. The number of carbonyl (C=O) groups excluding carboxylic acids is 1. The number of amides is 1. The van der Waals surface area contributed by atoms with Crippen LogP contribution in [0.1, 0.15) is 17.4 Å². The molecule has 2 aromatic carbocycles. The molecule has 3 heterocycles. The van der Waals surface area contributed by atoms with Gasteiger partial charge >= 0.3 is 0 Å². The number of pyridine rings is 1. The van der Waals surface area contributed by atoms with Gasteiger partial charge in [0.05, 0.1) is 50.0 Å². The molecule has 40 heavy (non-hydrogen) atoms. The molecule has 0 bridgehead atoms. The zero-order valence-corrected chi connectivity index (χ0v) is 22.5. The Kier molecular flexibility index (Phi) is 7.51. The number of nitrogen functional groups attached to an aromatic ring is 1. The summed E-state index contributed by atoms with van der Waals surface area (Å²) >= 11 is 6.54. The van der Waals surface area contributed by atoms with Gasteiger partial charge in [0.2, 0.25) is 5.95 Å². The van der Waals surface area contributed by atoms with Crippen molar-refractivity contribution in [3.8, 4) is 34.4 Å². The van der Waals surface area contributed by atoms with Crippen LogP contribution in [-0.2, 0) is 0 Å². The van der Waals surface area contributed by atoms with Crippen molar-refractivity contribution < 1.29 is 23.7 Å². The van der Waals surface area contributed by atoms with E-state index in [0.29, 0.717) is 57.6 Å². The number of aromatic nitrogens is 5. The van der Waals surface area contributed by atoms with E-state index in [0.717, 1.165) is 0 Å². The zero-order valence-electron chi connectivity index (χ0n) is 21.7. The first-order valence-corrected chi connectivity index (χ1v) is 12.4. The molecule has 0 fully saturated rings. The Labute approximate surface area is 233 Å². The molecule has 0 radical (unpaired) electrons. The van der Waals surface area contributed by atoms with Crippen LogP contribution in [-0.4, -0.2) is 51.5 Å². The van der Waals surface area contributed by atoms with Crippen LogP contribution < -0.4 is 30.0 Å². The van der Waals surface area contributed by atoms with Gasteiger partial charge in [0.15, 0.2) is 22.9 Å². The fraction of sp³-hybridized carbons (Fsp3) is 0.148. The maximum atomic E-state index is 13.1. The number of anilines is 2. The standard InChI is InChI=1S/C27H24ClN7O5/c1-4-39-24-14-35(16-12-31-27(29)32-13-16)34-25(24)26(36)33-15-5-6-21(18(28)9-15)40-20-7-8-30-19-11-23(38-3)22(37-2)10-17(19)20/h5-14H,4H2,1-3H3,(H,33,36)(H2,29,31,32). The number of hydrogen-bond donors (Lipinski definition) is 2. The quantitative estimate of drug-likeness (QED) is 0.254. The van der Waals surface area contributed by atoms with E-state index in [2.05, 4.69) is 25.4 Å². The number of ether oxygens (including phenoxy) is 4. The summed E-state index contributed by atoms with van der Waals surface area (Å²) in [6, 6.07) is 10.2. The van der Waals surface area contributed by atoms with Gasteiger partial charge in [-0.3, -0.25) is 9.78 Å². The highest BCUT2D eigenvalue weighted by molar-refractivity contribution is 6.32. The first kappa shape index (κ1) is 26.5. The number of carbonyl (C=O) groups is 1. The van der Waals surface area contributed by atoms with Crippen molar-refractivity contribution in [3.63, 3.8) is 0 Å². The summed E-state index contributed by atoms with van der Waals surface area (Å²) < 4.78 is 23.9. The molecule has 3 N–H and O–H groups in total. The van der Waals surface area contributed by atoms with E-state index < -0.39 is 5.91 Å². The van der Waals surface area contributed by atoms with Gasteiger partial charge in [0.25, 0.3) is 5.91 Å². The summed E-state index contributed by atoms with van der Waals surface area (Å²) in [5, 5.41) is 8.13. The Morgan fingerprint density at radius 1 is 0.975 bits per heavy atom. The van der Waals surface area contributed by atoms with E-state index in [1.807, 2.05) is 6.92 Å². The molecule has 0 spiro atoms. The largest absolute Gasteiger partial charge is 0.493 e. The molecule has 5 aromatic rings. The number of nitrogens with one attached hydrogen (secondary N) is 1. The monoisotopic (exact) mass is 561 g/mol. The molecule has 204 valence electrons. The van der Waals surface area contributed by atoms with E-state index >= 15 is 0 Å². The van der Waals surface area contributed by atoms with Crippen molar-refractivity contribution in [2.45, 2.75) is 6.92 Å². The molecule has 0 saturated carbocycles. The third kappa shape index (κ3) is 5.38. The van der Waals surface area contributed by atoms with Crippen molar-refractivity contribution in [3.05, 3.63) is 71.9 Å². The Balaban J connectivity index is 1.38. The van der Waals surface area contributed by atoms with Crippen LogP contribution in [0.15, 0.2) is 61.2 Å². The Morgan fingerprint density at radius 3 is 2.42 bits per heavy atom. The van der Waals surface area contributed by atoms with Gasteiger partial charge in [-0.15, -0.1) is 0 Å². The molecule has 0 aliphatic rings. The molecule has 0 unspecified atom stereocenters. The van der Waals surface area contributed by atoms with Gasteiger partial charge in [-0.2, -0.15) is 5.10 Å². The van der Waals surface area contributed by atoms with E-state index in [1.165, 1.54) is 17.1 Å². The molecule has 0 atom stereocenters. The molecule has 13 heteroatoms. The average molecular weight is 562 g/mol. The van der Waals surface area contributed by atoms with Crippen LogP contribution in [0.25, 0.3) is 16.6 Å².